The van der Waals surface area contributed by atoms with Crippen molar-refractivity contribution in [3.63, 3.8) is 0 Å². The molecule has 0 saturated carbocycles. The number of rotatable bonds is 8. The van der Waals surface area contributed by atoms with E-state index in [1.165, 1.54) is 23.6 Å². The van der Waals surface area contributed by atoms with Gasteiger partial charge in [-0.2, -0.15) is 5.26 Å². The van der Waals surface area contributed by atoms with Gasteiger partial charge in [0.25, 0.3) is 0 Å². The molecule has 1 atom stereocenters. The number of aromatic nitrogens is 2. The van der Waals surface area contributed by atoms with Gasteiger partial charge in [-0.05, 0) is 35.7 Å². The fourth-order valence-corrected chi connectivity index (χ4v) is 6.09. The molecule has 4 rings (SSSR count). The molecule has 182 valence electrons. The Bertz CT molecular complexity index is 1360. The molecule has 1 aliphatic rings. The number of hydrogen-bond acceptors (Lipinski definition) is 8. The van der Waals surface area contributed by atoms with Crippen LogP contribution in [0, 0.1) is 17.2 Å². The number of sulfone groups is 1. The Morgan fingerprint density at radius 3 is 2.60 bits per heavy atom. The molecule has 3 aromatic rings. The third-order valence-corrected chi connectivity index (χ3v) is 8.66. The number of nitrogens with one attached hydrogen (secondary N) is 1. The summed E-state index contributed by atoms with van der Waals surface area (Å²) in [5.41, 5.74) is 3.29. The Morgan fingerprint density at radius 2 is 2.00 bits per heavy atom. The van der Waals surface area contributed by atoms with Crippen LogP contribution in [0.3, 0.4) is 0 Å². The van der Waals surface area contributed by atoms with E-state index in [-0.39, 0.29) is 29.0 Å². The first-order chi connectivity index (χ1) is 16.7. The summed E-state index contributed by atoms with van der Waals surface area (Å²) < 4.78 is 23.9. The SMILES string of the molecule is CCS(=O)(=O)c1ccc(CC(=O)Nc2nc3c(s2)CN(Cc2ccc(C#N)cc2)[C@@H]3C(C)C)nc1. The largest absolute Gasteiger partial charge is 0.302 e. The van der Waals surface area contributed by atoms with E-state index in [1.54, 1.807) is 13.0 Å². The zero-order chi connectivity index (χ0) is 25.2. The molecule has 2 aromatic heterocycles. The van der Waals surface area contributed by atoms with E-state index < -0.39 is 9.84 Å². The molecule has 1 aliphatic heterocycles. The van der Waals surface area contributed by atoms with Crippen LogP contribution in [0.1, 0.15) is 54.2 Å². The zero-order valence-corrected chi connectivity index (χ0v) is 21.5. The molecule has 0 bridgehead atoms. The first kappa shape index (κ1) is 25.0. The number of hydrogen-bond donors (Lipinski definition) is 1. The van der Waals surface area contributed by atoms with Crippen molar-refractivity contribution in [1.29, 1.82) is 5.26 Å². The number of thiazole rings is 1. The maximum atomic E-state index is 12.6. The van der Waals surface area contributed by atoms with Gasteiger partial charge in [0, 0.05) is 29.9 Å². The molecule has 1 aromatic carbocycles. The van der Waals surface area contributed by atoms with Crippen molar-refractivity contribution in [3.05, 3.63) is 70.0 Å². The Morgan fingerprint density at radius 1 is 1.26 bits per heavy atom. The van der Waals surface area contributed by atoms with Crippen LogP contribution in [0.2, 0.25) is 0 Å². The lowest BCUT2D eigenvalue weighted by Gasteiger charge is -2.27. The van der Waals surface area contributed by atoms with Crippen molar-refractivity contribution >= 4 is 32.2 Å². The van der Waals surface area contributed by atoms with Crippen molar-refractivity contribution in [1.82, 2.24) is 14.9 Å². The minimum absolute atomic E-state index is 0.00546. The van der Waals surface area contributed by atoms with Gasteiger partial charge in [-0.1, -0.05) is 32.9 Å². The minimum Gasteiger partial charge on any atom is -0.302 e. The second kappa shape index (κ2) is 10.2. The Balaban J connectivity index is 1.41. The van der Waals surface area contributed by atoms with Crippen LogP contribution in [0.4, 0.5) is 5.13 Å². The van der Waals surface area contributed by atoms with Crippen molar-refractivity contribution < 1.29 is 13.2 Å². The molecule has 35 heavy (non-hydrogen) atoms. The molecular weight excluding hydrogens is 482 g/mol. The number of benzene rings is 1. The third-order valence-electron chi connectivity index (χ3n) is 5.97. The van der Waals surface area contributed by atoms with E-state index in [1.807, 2.05) is 24.3 Å². The second-order valence-electron chi connectivity index (χ2n) is 8.84. The van der Waals surface area contributed by atoms with Crippen LogP contribution in [0.15, 0.2) is 47.5 Å². The molecule has 0 unspecified atom stereocenters. The number of nitrogens with zero attached hydrogens (tertiary/aromatic N) is 4. The zero-order valence-electron chi connectivity index (χ0n) is 19.9. The summed E-state index contributed by atoms with van der Waals surface area (Å²) in [4.78, 5) is 25.2. The number of amides is 1. The van der Waals surface area contributed by atoms with Gasteiger partial charge >= 0.3 is 0 Å². The Kier molecular flexibility index (Phi) is 7.31. The lowest BCUT2D eigenvalue weighted by molar-refractivity contribution is -0.115. The average Bonchev–Trinajstić information content (AvgIpc) is 3.36. The standard InChI is InChI=1S/C25H27N5O3S2/c1-4-35(32,33)20-10-9-19(27-13-20)11-22(31)28-25-29-23-21(34-25)15-30(24(23)16(2)3)14-18-7-5-17(12-26)6-8-18/h5-10,13,16,24H,4,11,14-15H2,1-3H3,(H,28,29,31)/t24-/m1/s1. The summed E-state index contributed by atoms with van der Waals surface area (Å²) in [5.74, 6) is 0.0971. The fourth-order valence-electron chi connectivity index (χ4n) is 4.22. The molecule has 1 N–H and O–H groups in total. The van der Waals surface area contributed by atoms with Crippen molar-refractivity contribution in [2.45, 2.75) is 51.2 Å². The lowest BCUT2D eigenvalue weighted by atomic mass is 10.0. The van der Waals surface area contributed by atoms with Crippen molar-refractivity contribution in [2.24, 2.45) is 5.92 Å². The van der Waals surface area contributed by atoms with Crippen molar-refractivity contribution in [3.8, 4) is 6.07 Å². The van der Waals surface area contributed by atoms with Crippen LogP contribution in [0.5, 0.6) is 0 Å². The topological polar surface area (TPSA) is 116 Å². The first-order valence-corrected chi connectivity index (χ1v) is 13.9. The van der Waals surface area contributed by atoms with E-state index >= 15 is 0 Å². The van der Waals surface area contributed by atoms with Gasteiger partial charge in [-0.15, -0.1) is 11.3 Å². The predicted octanol–water partition coefficient (Wildman–Crippen LogP) is 4.10. The lowest BCUT2D eigenvalue weighted by Crippen LogP contribution is -2.26. The summed E-state index contributed by atoms with van der Waals surface area (Å²) in [6.45, 7) is 7.42. The molecule has 1 amide bonds. The quantitative estimate of drug-likeness (QED) is 0.486. The Hall–Kier alpha value is -3.13. The maximum Gasteiger partial charge on any atom is 0.232 e. The summed E-state index contributed by atoms with van der Waals surface area (Å²) in [6.07, 6.45) is 1.34. The van der Waals surface area contributed by atoms with Crippen LogP contribution < -0.4 is 5.32 Å². The second-order valence-corrected chi connectivity index (χ2v) is 12.2. The van der Waals surface area contributed by atoms with Crippen molar-refractivity contribution in [2.75, 3.05) is 11.1 Å². The highest BCUT2D eigenvalue weighted by molar-refractivity contribution is 7.91. The molecular formula is C25H27N5O3S2. The van der Waals surface area contributed by atoms with Gasteiger partial charge in [-0.3, -0.25) is 14.7 Å². The normalized spacial score (nSPS) is 15.7. The number of carbonyl (C=O) groups excluding carboxylic acids is 1. The summed E-state index contributed by atoms with van der Waals surface area (Å²) in [7, 11) is -3.32. The third kappa shape index (κ3) is 5.59. The van der Waals surface area contributed by atoms with Gasteiger partial charge in [0.2, 0.25) is 5.91 Å². The highest BCUT2D eigenvalue weighted by Crippen LogP contribution is 2.43. The number of fused-ring (bicyclic) bond motifs is 1. The first-order valence-electron chi connectivity index (χ1n) is 11.4. The summed E-state index contributed by atoms with van der Waals surface area (Å²) >= 11 is 1.48. The number of pyridine rings is 1. The fraction of sp³-hybridized carbons (Fsp3) is 0.360. The molecule has 0 radical (unpaired) electrons. The predicted molar refractivity (Wildman–Crippen MR) is 134 cm³/mol. The molecule has 10 heteroatoms. The molecule has 8 nitrogen and oxygen atoms in total. The monoisotopic (exact) mass is 509 g/mol. The minimum atomic E-state index is -3.32. The van der Waals surface area contributed by atoms with Gasteiger partial charge in [-0.25, -0.2) is 13.4 Å². The average molecular weight is 510 g/mol. The van der Waals surface area contributed by atoms with E-state index in [4.69, 9.17) is 10.2 Å². The summed E-state index contributed by atoms with van der Waals surface area (Å²) in [6, 6.07) is 13.0. The van der Waals surface area contributed by atoms with E-state index in [9.17, 15) is 13.2 Å². The molecule has 0 aliphatic carbocycles. The van der Waals surface area contributed by atoms with Crippen LogP contribution in [-0.4, -0.2) is 34.9 Å². The van der Waals surface area contributed by atoms with Gasteiger partial charge in [0.15, 0.2) is 15.0 Å². The number of nitriles is 1. The number of carbonyl (C=O) groups is 1. The van der Waals surface area contributed by atoms with E-state index in [0.29, 0.717) is 22.3 Å². The Labute approximate surface area is 209 Å². The van der Waals surface area contributed by atoms with E-state index in [0.717, 1.165) is 29.2 Å². The highest BCUT2D eigenvalue weighted by Gasteiger charge is 2.36. The molecule has 0 fully saturated rings. The van der Waals surface area contributed by atoms with Crippen LogP contribution in [-0.2, 0) is 34.1 Å². The molecule has 3 heterocycles. The molecule has 0 saturated heterocycles. The van der Waals surface area contributed by atoms with E-state index in [2.05, 4.69) is 35.1 Å². The van der Waals surface area contributed by atoms with Gasteiger partial charge in [0.1, 0.15) is 0 Å². The molecule has 0 spiro atoms. The highest BCUT2D eigenvalue weighted by atomic mass is 32.2. The van der Waals surface area contributed by atoms with Gasteiger partial charge in [0.05, 0.1) is 40.4 Å². The maximum absolute atomic E-state index is 12.6. The smallest absolute Gasteiger partial charge is 0.232 e. The number of anilines is 1. The van der Waals surface area contributed by atoms with Gasteiger partial charge < -0.3 is 5.32 Å². The summed E-state index contributed by atoms with van der Waals surface area (Å²) in [5, 5.41) is 12.5. The van der Waals surface area contributed by atoms with Crippen LogP contribution >= 0.6 is 11.3 Å². The van der Waals surface area contributed by atoms with Crippen LogP contribution in [0.25, 0.3) is 0 Å².